The number of hydrogen-bond acceptors (Lipinski definition) is 4. The van der Waals surface area contributed by atoms with Crippen molar-refractivity contribution in [1.82, 2.24) is 4.31 Å². The van der Waals surface area contributed by atoms with Crippen LogP contribution in [0.3, 0.4) is 0 Å². The number of hydrogen-bond donors (Lipinski definition) is 0. The SMILES string of the molecule is COc1ccc(S(=O)(=O)N2CCC(C(=O)N3c4ccccc4CC3C)CC2)cc1. The number of benzene rings is 2. The van der Waals surface area contributed by atoms with E-state index >= 15 is 0 Å². The van der Waals surface area contributed by atoms with E-state index < -0.39 is 10.0 Å². The van der Waals surface area contributed by atoms with Gasteiger partial charge in [-0.1, -0.05) is 18.2 Å². The van der Waals surface area contributed by atoms with E-state index in [2.05, 4.69) is 13.0 Å². The molecule has 0 saturated carbocycles. The summed E-state index contributed by atoms with van der Waals surface area (Å²) in [4.78, 5) is 15.4. The highest BCUT2D eigenvalue weighted by molar-refractivity contribution is 7.89. The van der Waals surface area contributed by atoms with Crippen LogP contribution in [0, 0.1) is 5.92 Å². The summed E-state index contributed by atoms with van der Waals surface area (Å²) in [6, 6.07) is 14.6. The highest BCUT2D eigenvalue weighted by atomic mass is 32.2. The lowest BCUT2D eigenvalue weighted by atomic mass is 9.96. The summed E-state index contributed by atoms with van der Waals surface area (Å²) in [5.41, 5.74) is 2.20. The Labute approximate surface area is 172 Å². The number of carbonyl (C=O) groups is 1. The summed E-state index contributed by atoms with van der Waals surface area (Å²) < 4.78 is 32.4. The third-order valence-electron chi connectivity index (χ3n) is 5.95. The average molecular weight is 415 g/mol. The lowest BCUT2D eigenvalue weighted by Gasteiger charge is -2.34. The number of nitrogens with zero attached hydrogens (tertiary/aromatic N) is 2. The Kier molecular flexibility index (Phi) is 5.36. The van der Waals surface area contributed by atoms with Crippen molar-refractivity contribution in [3.8, 4) is 5.75 Å². The quantitative estimate of drug-likeness (QED) is 0.771. The Morgan fingerprint density at radius 1 is 1.03 bits per heavy atom. The van der Waals surface area contributed by atoms with Gasteiger partial charge in [0, 0.05) is 30.7 Å². The molecule has 2 aliphatic rings. The van der Waals surface area contributed by atoms with Gasteiger partial charge in [0.2, 0.25) is 15.9 Å². The van der Waals surface area contributed by atoms with Gasteiger partial charge in [-0.3, -0.25) is 4.79 Å². The van der Waals surface area contributed by atoms with Crippen molar-refractivity contribution in [2.24, 2.45) is 5.92 Å². The van der Waals surface area contributed by atoms with Crippen LogP contribution >= 0.6 is 0 Å². The number of ether oxygens (including phenoxy) is 1. The molecular weight excluding hydrogens is 388 g/mol. The molecule has 7 heteroatoms. The Hall–Kier alpha value is -2.38. The predicted molar refractivity (Wildman–Crippen MR) is 112 cm³/mol. The summed E-state index contributed by atoms with van der Waals surface area (Å²) in [7, 11) is -2.02. The zero-order chi connectivity index (χ0) is 20.6. The molecule has 2 heterocycles. The number of carbonyl (C=O) groups excluding carboxylic acids is 1. The van der Waals surface area contributed by atoms with Gasteiger partial charge in [0.25, 0.3) is 0 Å². The molecule has 0 radical (unpaired) electrons. The smallest absolute Gasteiger partial charge is 0.243 e. The Morgan fingerprint density at radius 2 is 1.69 bits per heavy atom. The van der Waals surface area contributed by atoms with Gasteiger partial charge in [0.1, 0.15) is 5.75 Å². The molecule has 154 valence electrons. The molecule has 1 saturated heterocycles. The standard InChI is InChI=1S/C22H26N2O4S/c1-16-15-18-5-3-4-6-21(18)24(16)22(25)17-11-13-23(14-12-17)29(26,27)20-9-7-19(28-2)8-10-20/h3-10,16-17H,11-15H2,1-2H3. The summed E-state index contributed by atoms with van der Waals surface area (Å²) in [6.45, 7) is 2.78. The van der Waals surface area contributed by atoms with Crippen LogP contribution in [0.4, 0.5) is 5.69 Å². The van der Waals surface area contributed by atoms with Gasteiger partial charge in [-0.15, -0.1) is 0 Å². The number of methoxy groups -OCH3 is 1. The van der Waals surface area contributed by atoms with Gasteiger partial charge in [-0.2, -0.15) is 4.31 Å². The van der Waals surface area contributed by atoms with Crippen molar-refractivity contribution in [3.05, 3.63) is 54.1 Å². The third-order valence-corrected chi connectivity index (χ3v) is 7.86. The lowest BCUT2D eigenvalue weighted by molar-refractivity contribution is -0.123. The summed E-state index contributed by atoms with van der Waals surface area (Å²) >= 11 is 0. The van der Waals surface area contributed by atoms with Crippen molar-refractivity contribution in [3.63, 3.8) is 0 Å². The lowest BCUT2D eigenvalue weighted by Crippen LogP contribution is -2.46. The molecule has 2 aromatic rings. The monoisotopic (exact) mass is 414 g/mol. The van der Waals surface area contributed by atoms with Gasteiger partial charge in [0.15, 0.2) is 0 Å². The normalized spacial score (nSPS) is 20.5. The zero-order valence-electron chi connectivity index (χ0n) is 16.7. The van der Waals surface area contributed by atoms with E-state index in [9.17, 15) is 13.2 Å². The van der Waals surface area contributed by atoms with Crippen LogP contribution in [0.1, 0.15) is 25.3 Å². The topological polar surface area (TPSA) is 66.9 Å². The average Bonchev–Trinajstić information content (AvgIpc) is 3.09. The van der Waals surface area contributed by atoms with Crippen molar-refractivity contribution < 1.29 is 17.9 Å². The summed E-state index contributed by atoms with van der Waals surface area (Å²) in [5, 5.41) is 0. The van der Waals surface area contributed by atoms with Crippen molar-refractivity contribution in [2.75, 3.05) is 25.1 Å². The zero-order valence-corrected chi connectivity index (χ0v) is 17.6. The minimum absolute atomic E-state index is 0.115. The maximum absolute atomic E-state index is 13.2. The Morgan fingerprint density at radius 3 is 2.34 bits per heavy atom. The highest BCUT2D eigenvalue weighted by Crippen LogP contribution is 2.35. The van der Waals surface area contributed by atoms with E-state index in [1.54, 1.807) is 31.4 Å². The van der Waals surface area contributed by atoms with E-state index in [0.29, 0.717) is 31.7 Å². The molecule has 0 aromatic heterocycles. The molecule has 29 heavy (non-hydrogen) atoms. The molecule has 0 aliphatic carbocycles. The Balaban J connectivity index is 1.44. The molecule has 2 aliphatic heterocycles. The molecule has 0 N–H and O–H groups in total. The van der Waals surface area contributed by atoms with Gasteiger partial charge < -0.3 is 9.64 Å². The number of sulfonamides is 1. The Bertz CT molecular complexity index is 996. The molecule has 1 fully saturated rings. The molecule has 2 aromatic carbocycles. The first kappa shape index (κ1) is 19.9. The molecule has 1 unspecified atom stereocenters. The number of para-hydroxylation sites is 1. The van der Waals surface area contributed by atoms with Crippen LogP contribution in [0.15, 0.2) is 53.4 Å². The minimum Gasteiger partial charge on any atom is -0.497 e. The number of anilines is 1. The fourth-order valence-corrected chi connectivity index (χ4v) is 5.81. The molecular formula is C22H26N2O4S. The molecule has 4 rings (SSSR count). The fraction of sp³-hybridized carbons (Fsp3) is 0.409. The second-order valence-corrected chi connectivity index (χ2v) is 9.68. The van der Waals surface area contributed by atoms with Crippen LogP contribution < -0.4 is 9.64 Å². The largest absolute Gasteiger partial charge is 0.497 e. The first-order chi connectivity index (χ1) is 13.9. The maximum Gasteiger partial charge on any atom is 0.243 e. The van der Waals surface area contributed by atoms with E-state index in [0.717, 1.165) is 12.1 Å². The van der Waals surface area contributed by atoms with Gasteiger partial charge in [0.05, 0.1) is 12.0 Å². The van der Waals surface area contributed by atoms with Crippen LogP contribution in [0.2, 0.25) is 0 Å². The van der Waals surface area contributed by atoms with Crippen molar-refractivity contribution >= 4 is 21.6 Å². The summed E-state index contributed by atoms with van der Waals surface area (Å²) in [5.74, 6) is 0.586. The molecule has 0 spiro atoms. The van der Waals surface area contributed by atoms with E-state index in [1.807, 2.05) is 23.1 Å². The van der Waals surface area contributed by atoms with E-state index in [-0.39, 0.29) is 22.8 Å². The third kappa shape index (κ3) is 3.65. The van der Waals surface area contributed by atoms with Crippen molar-refractivity contribution in [1.29, 1.82) is 0 Å². The minimum atomic E-state index is -3.56. The molecule has 0 bridgehead atoms. The van der Waals surface area contributed by atoms with Gasteiger partial charge in [-0.25, -0.2) is 8.42 Å². The number of fused-ring (bicyclic) bond motifs is 1. The number of rotatable bonds is 4. The first-order valence-corrected chi connectivity index (χ1v) is 11.4. The van der Waals surface area contributed by atoms with E-state index in [1.165, 1.54) is 9.87 Å². The van der Waals surface area contributed by atoms with Crippen LogP contribution in [0.5, 0.6) is 5.75 Å². The second kappa shape index (κ2) is 7.80. The summed E-state index contributed by atoms with van der Waals surface area (Å²) in [6.07, 6.45) is 1.95. The molecule has 1 amide bonds. The molecule has 1 atom stereocenters. The molecule has 6 nitrogen and oxygen atoms in total. The van der Waals surface area contributed by atoms with Crippen molar-refractivity contribution in [2.45, 2.75) is 37.1 Å². The maximum atomic E-state index is 13.2. The fourth-order valence-electron chi connectivity index (χ4n) is 4.34. The first-order valence-electron chi connectivity index (χ1n) is 9.97. The van der Waals surface area contributed by atoms with Crippen LogP contribution in [-0.4, -0.2) is 44.9 Å². The highest BCUT2D eigenvalue weighted by Gasteiger charge is 2.38. The number of piperidine rings is 1. The predicted octanol–water partition coefficient (Wildman–Crippen LogP) is 3.07. The van der Waals surface area contributed by atoms with Gasteiger partial charge in [-0.05, 0) is 62.1 Å². The van der Waals surface area contributed by atoms with Gasteiger partial charge >= 0.3 is 0 Å². The van der Waals surface area contributed by atoms with Crippen LogP contribution in [0.25, 0.3) is 0 Å². The van der Waals surface area contributed by atoms with E-state index in [4.69, 9.17) is 4.74 Å². The van der Waals surface area contributed by atoms with Crippen LogP contribution in [-0.2, 0) is 21.2 Å². The second-order valence-electron chi connectivity index (χ2n) is 7.74. The number of amides is 1.